The van der Waals surface area contributed by atoms with Crippen LogP contribution >= 0.6 is 15.9 Å². The topological polar surface area (TPSA) is 98.5 Å². The Kier molecular flexibility index (Phi) is 5.49. The van der Waals surface area contributed by atoms with E-state index in [4.69, 9.17) is 9.88 Å². The van der Waals surface area contributed by atoms with Gasteiger partial charge in [-0.1, -0.05) is 0 Å². The molecule has 0 bridgehead atoms. The molecule has 3 N–H and O–H groups in total. The molecule has 0 heterocycles. The van der Waals surface area contributed by atoms with E-state index in [9.17, 15) is 17.6 Å². The van der Waals surface area contributed by atoms with Gasteiger partial charge in [0.2, 0.25) is 10.0 Å². The fourth-order valence-electron chi connectivity index (χ4n) is 1.38. The van der Waals surface area contributed by atoms with Gasteiger partial charge < -0.3 is 10.1 Å². The smallest absolute Gasteiger partial charge is 0.260 e. The van der Waals surface area contributed by atoms with Crippen molar-refractivity contribution in [2.24, 2.45) is 5.14 Å². The third-order valence-corrected chi connectivity index (χ3v) is 3.86. The molecule has 9 heteroatoms. The van der Waals surface area contributed by atoms with Gasteiger partial charge in [-0.05, 0) is 35.8 Å². The van der Waals surface area contributed by atoms with E-state index in [0.29, 0.717) is 6.54 Å². The van der Waals surface area contributed by atoms with Gasteiger partial charge in [-0.15, -0.1) is 0 Å². The van der Waals surface area contributed by atoms with Crippen LogP contribution in [0.1, 0.15) is 13.8 Å². The molecule has 6 nitrogen and oxygen atoms in total. The number of primary sulfonamides is 1. The van der Waals surface area contributed by atoms with Crippen LogP contribution in [0.3, 0.4) is 0 Å². The first-order chi connectivity index (χ1) is 9.16. The highest BCUT2D eigenvalue weighted by Crippen LogP contribution is 2.30. The van der Waals surface area contributed by atoms with Crippen molar-refractivity contribution in [3.63, 3.8) is 0 Å². The number of halogens is 2. The number of hydrogen-bond donors (Lipinski definition) is 2. The molecule has 20 heavy (non-hydrogen) atoms. The van der Waals surface area contributed by atoms with Crippen LogP contribution in [0.15, 0.2) is 21.5 Å². The van der Waals surface area contributed by atoms with Crippen molar-refractivity contribution in [1.82, 2.24) is 5.32 Å². The number of sulfonamides is 1. The van der Waals surface area contributed by atoms with Gasteiger partial charge in [0.1, 0.15) is 16.5 Å². The van der Waals surface area contributed by atoms with Crippen LogP contribution < -0.4 is 15.2 Å². The lowest BCUT2D eigenvalue weighted by Gasteiger charge is -2.16. The van der Waals surface area contributed by atoms with Crippen LogP contribution in [0.2, 0.25) is 0 Å². The number of hydrogen-bond acceptors (Lipinski definition) is 4. The highest BCUT2D eigenvalue weighted by molar-refractivity contribution is 9.10. The predicted octanol–water partition coefficient (Wildman–Crippen LogP) is 1.14. The fourth-order valence-corrected chi connectivity index (χ4v) is 2.58. The van der Waals surface area contributed by atoms with E-state index in [1.807, 2.05) is 0 Å². The van der Waals surface area contributed by atoms with Crippen LogP contribution in [0.5, 0.6) is 5.75 Å². The third-order valence-electron chi connectivity index (χ3n) is 2.32. The summed E-state index contributed by atoms with van der Waals surface area (Å²) in [4.78, 5) is 10.9. The van der Waals surface area contributed by atoms with Crippen molar-refractivity contribution in [2.45, 2.75) is 24.8 Å². The molecule has 1 rings (SSSR count). The van der Waals surface area contributed by atoms with E-state index in [0.717, 1.165) is 12.1 Å². The number of carbonyl (C=O) groups is 1. The molecule has 1 atom stereocenters. The molecule has 0 saturated carbocycles. The molecule has 1 aromatic rings. The number of benzene rings is 1. The van der Waals surface area contributed by atoms with Gasteiger partial charge in [0.25, 0.3) is 5.91 Å². The Morgan fingerprint density at radius 2 is 2.15 bits per heavy atom. The van der Waals surface area contributed by atoms with E-state index < -0.39 is 26.8 Å². The van der Waals surface area contributed by atoms with Gasteiger partial charge in [0, 0.05) is 12.6 Å². The predicted molar refractivity (Wildman–Crippen MR) is 74.2 cm³/mol. The number of likely N-dealkylation sites (N-methyl/N-ethyl adjacent to an activating group) is 1. The molecule has 0 aliphatic rings. The second-order valence-electron chi connectivity index (χ2n) is 3.91. The maximum absolute atomic E-state index is 13.7. The zero-order valence-electron chi connectivity index (χ0n) is 10.8. The average molecular weight is 369 g/mol. The van der Waals surface area contributed by atoms with Crippen molar-refractivity contribution in [3.8, 4) is 5.75 Å². The first-order valence-corrected chi connectivity index (χ1v) is 7.97. The molecule has 1 aromatic carbocycles. The standard InChI is InChI=1S/C11H14BrFN2O4S/c1-3-15-11(16)6(2)19-9-5-8(13)10(4-7(9)12)20(14,17)18/h4-6H,3H2,1-2H3,(H,15,16)(H2,14,17,18). The van der Waals surface area contributed by atoms with Gasteiger partial charge in [-0.3, -0.25) is 4.79 Å². The fraction of sp³-hybridized carbons (Fsp3) is 0.364. The van der Waals surface area contributed by atoms with Crippen LogP contribution in [0.25, 0.3) is 0 Å². The Bertz CT molecular complexity index is 621. The Hall–Kier alpha value is -1.19. The summed E-state index contributed by atoms with van der Waals surface area (Å²) in [5.74, 6) is -1.40. The van der Waals surface area contributed by atoms with E-state index in [1.165, 1.54) is 6.92 Å². The Morgan fingerprint density at radius 3 is 2.65 bits per heavy atom. The number of amides is 1. The molecule has 0 aromatic heterocycles. The summed E-state index contributed by atoms with van der Waals surface area (Å²) in [7, 11) is -4.17. The molecule has 0 spiro atoms. The second-order valence-corrected chi connectivity index (χ2v) is 6.30. The van der Waals surface area contributed by atoms with Crippen molar-refractivity contribution in [2.75, 3.05) is 6.54 Å². The van der Waals surface area contributed by atoms with Crippen molar-refractivity contribution >= 4 is 31.9 Å². The number of rotatable bonds is 5. The van der Waals surface area contributed by atoms with Gasteiger partial charge in [-0.2, -0.15) is 0 Å². The Balaban J connectivity index is 3.05. The van der Waals surface area contributed by atoms with Crippen molar-refractivity contribution in [1.29, 1.82) is 0 Å². The summed E-state index contributed by atoms with van der Waals surface area (Å²) in [6.45, 7) is 3.68. The summed E-state index contributed by atoms with van der Waals surface area (Å²) in [6, 6.07) is 1.85. The number of nitrogens with one attached hydrogen (secondary N) is 1. The zero-order valence-corrected chi connectivity index (χ0v) is 13.2. The van der Waals surface area contributed by atoms with Gasteiger partial charge in [0.05, 0.1) is 4.47 Å². The minimum absolute atomic E-state index is 0.00801. The van der Waals surface area contributed by atoms with Gasteiger partial charge in [0.15, 0.2) is 6.10 Å². The highest BCUT2D eigenvalue weighted by atomic mass is 79.9. The van der Waals surface area contributed by atoms with E-state index in [1.54, 1.807) is 6.92 Å². The SMILES string of the molecule is CCNC(=O)C(C)Oc1cc(F)c(S(N)(=O)=O)cc1Br. The lowest BCUT2D eigenvalue weighted by Crippen LogP contribution is -2.36. The van der Waals surface area contributed by atoms with Gasteiger partial charge >= 0.3 is 0 Å². The van der Waals surface area contributed by atoms with Gasteiger partial charge in [-0.25, -0.2) is 17.9 Å². The van der Waals surface area contributed by atoms with Crippen molar-refractivity contribution < 1.29 is 22.3 Å². The van der Waals surface area contributed by atoms with Crippen LogP contribution in [0, 0.1) is 5.82 Å². The monoisotopic (exact) mass is 368 g/mol. The molecule has 1 amide bonds. The maximum atomic E-state index is 13.7. The minimum atomic E-state index is -4.17. The first kappa shape index (κ1) is 16.9. The number of ether oxygens (including phenoxy) is 1. The average Bonchev–Trinajstić information content (AvgIpc) is 2.32. The molecular weight excluding hydrogens is 355 g/mol. The summed E-state index contributed by atoms with van der Waals surface area (Å²) in [6.07, 6.45) is -0.856. The van der Waals surface area contributed by atoms with E-state index >= 15 is 0 Å². The van der Waals surface area contributed by atoms with E-state index in [-0.39, 0.29) is 16.1 Å². The van der Waals surface area contributed by atoms with Crippen LogP contribution in [-0.2, 0) is 14.8 Å². The molecule has 1 unspecified atom stereocenters. The lowest BCUT2D eigenvalue weighted by molar-refractivity contribution is -0.127. The molecule has 0 aliphatic carbocycles. The Labute approximate surface area is 124 Å². The molecule has 0 aliphatic heterocycles. The molecule has 0 saturated heterocycles. The summed E-state index contributed by atoms with van der Waals surface area (Å²) < 4.78 is 41.4. The third kappa shape index (κ3) is 4.15. The summed E-state index contributed by atoms with van der Waals surface area (Å²) >= 11 is 3.05. The molecule has 0 fully saturated rings. The maximum Gasteiger partial charge on any atom is 0.260 e. The van der Waals surface area contributed by atoms with Crippen LogP contribution in [-0.4, -0.2) is 27.0 Å². The lowest BCUT2D eigenvalue weighted by atomic mass is 10.3. The largest absolute Gasteiger partial charge is 0.480 e. The minimum Gasteiger partial charge on any atom is -0.480 e. The first-order valence-electron chi connectivity index (χ1n) is 5.63. The number of carbonyl (C=O) groups excluding carboxylic acids is 1. The highest BCUT2D eigenvalue weighted by Gasteiger charge is 2.20. The zero-order chi connectivity index (χ0) is 15.5. The van der Waals surface area contributed by atoms with Crippen LogP contribution in [0.4, 0.5) is 4.39 Å². The summed E-state index contributed by atoms with van der Waals surface area (Å²) in [5, 5.41) is 7.42. The molecule has 112 valence electrons. The van der Waals surface area contributed by atoms with E-state index in [2.05, 4.69) is 21.2 Å². The summed E-state index contributed by atoms with van der Waals surface area (Å²) in [5.41, 5.74) is 0. The number of nitrogens with two attached hydrogens (primary N) is 1. The van der Waals surface area contributed by atoms with Crippen molar-refractivity contribution in [3.05, 3.63) is 22.4 Å². The Morgan fingerprint density at radius 1 is 1.55 bits per heavy atom. The second kappa shape index (κ2) is 6.51. The molecular formula is C11H14BrFN2O4S. The quantitative estimate of drug-likeness (QED) is 0.813. The normalized spacial score (nSPS) is 12.8. The molecule has 0 radical (unpaired) electrons.